The van der Waals surface area contributed by atoms with Crippen LogP contribution in [0.4, 0.5) is 0 Å². The van der Waals surface area contributed by atoms with E-state index in [-0.39, 0.29) is 11.4 Å². The first-order valence-corrected chi connectivity index (χ1v) is 9.09. The monoisotopic (exact) mass is 330 g/mol. The molecule has 1 aliphatic heterocycles. The summed E-state index contributed by atoms with van der Waals surface area (Å²) in [5.41, 5.74) is 2.51. The Hall–Kier alpha value is -1.35. The molecule has 2 saturated carbocycles. The standard InChI is InChI=1S/C21H30O3/c1-14-7-10-17-20(2,3)11-6-12-21(17,4)16(14)9-8-15-13-18(23-5)24-19(15)22/h8-9,13,16-18H,1,6-7,10-12H2,2-5H3/b9-8+/t16-,17?,18+,21+/m0/s1. The SMILES string of the molecule is C=C1CCC2C(C)(C)CCC[C@]2(C)[C@H]1/C=C/C1=C[C@H](OC)OC1=O. The van der Waals surface area contributed by atoms with Crippen molar-refractivity contribution in [1.82, 2.24) is 0 Å². The van der Waals surface area contributed by atoms with Crippen molar-refractivity contribution in [3.8, 4) is 0 Å². The molecule has 1 unspecified atom stereocenters. The maximum atomic E-state index is 11.9. The van der Waals surface area contributed by atoms with Crippen LogP contribution in [0.2, 0.25) is 0 Å². The van der Waals surface area contributed by atoms with Gasteiger partial charge in [0.2, 0.25) is 6.29 Å². The second-order valence-electron chi connectivity index (χ2n) is 8.57. The molecule has 2 fully saturated rings. The number of carbonyl (C=O) groups is 1. The van der Waals surface area contributed by atoms with Crippen molar-refractivity contribution in [3.05, 3.63) is 36.0 Å². The van der Waals surface area contributed by atoms with Crippen LogP contribution in [-0.2, 0) is 14.3 Å². The number of fused-ring (bicyclic) bond motifs is 1. The van der Waals surface area contributed by atoms with Gasteiger partial charge in [0.1, 0.15) is 0 Å². The fourth-order valence-corrected chi connectivity index (χ4v) is 5.43. The predicted octanol–water partition coefficient (Wildman–Crippen LogP) is 4.80. The minimum absolute atomic E-state index is 0.233. The highest BCUT2D eigenvalue weighted by molar-refractivity contribution is 5.93. The number of cyclic esters (lactones) is 1. The number of rotatable bonds is 3. The van der Waals surface area contributed by atoms with Crippen molar-refractivity contribution in [2.75, 3.05) is 7.11 Å². The van der Waals surface area contributed by atoms with Crippen molar-refractivity contribution in [2.24, 2.45) is 22.7 Å². The van der Waals surface area contributed by atoms with Crippen molar-refractivity contribution < 1.29 is 14.3 Å². The molecule has 4 atom stereocenters. The minimum atomic E-state index is -0.552. The first-order valence-electron chi connectivity index (χ1n) is 9.09. The van der Waals surface area contributed by atoms with Crippen LogP contribution in [-0.4, -0.2) is 19.4 Å². The van der Waals surface area contributed by atoms with Crippen LogP contribution in [0.5, 0.6) is 0 Å². The summed E-state index contributed by atoms with van der Waals surface area (Å²) in [5.74, 6) is 0.728. The van der Waals surface area contributed by atoms with E-state index < -0.39 is 6.29 Å². The predicted molar refractivity (Wildman–Crippen MR) is 95.2 cm³/mol. The maximum Gasteiger partial charge on any atom is 0.340 e. The lowest BCUT2D eigenvalue weighted by atomic mass is 9.47. The molecule has 0 aromatic carbocycles. The van der Waals surface area contributed by atoms with E-state index >= 15 is 0 Å². The van der Waals surface area contributed by atoms with Crippen LogP contribution in [0, 0.1) is 22.7 Å². The van der Waals surface area contributed by atoms with Gasteiger partial charge in [-0.2, -0.15) is 0 Å². The lowest BCUT2D eigenvalue weighted by Crippen LogP contribution is -2.48. The molecule has 2 aliphatic carbocycles. The van der Waals surface area contributed by atoms with Crippen LogP contribution in [0.1, 0.15) is 52.9 Å². The van der Waals surface area contributed by atoms with Crippen molar-refractivity contribution in [3.63, 3.8) is 0 Å². The molecule has 0 spiro atoms. The molecule has 0 bridgehead atoms. The van der Waals surface area contributed by atoms with E-state index in [0.29, 0.717) is 22.8 Å². The summed E-state index contributed by atoms with van der Waals surface area (Å²) in [7, 11) is 1.54. The van der Waals surface area contributed by atoms with Gasteiger partial charge in [-0.3, -0.25) is 0 Å². The molecular formula is C21H30O3. The summed E-state index contributed by atoms with van der Waals surface area (Å²) in [6.45, 7) is 11.6. The number of hydrogen-bond donors (Lipinski definition) is 0. The molecule has 132 valence electrons. The van der Waals surface area contributed by atoms with Gasteiger partial charge in [0.25, 0.3) is 0 Å². The topological polar surface area (TPSA) is 35.5 Å². The summed E-state index contributed by atoms with van der Waals surface area (Å²) in [4.78, 5) is 11.9. The van der Waals surface area contributed by atoms with Gasteiger partial charge in [-0.05, 0) is 48.5 Å². The van der Waals surface area contributed by atoms with Crippen LogP contribution < -0.4 is 0 Å². The molecule has 3 nitrogen and oxygen atoms in total. The Balaban J connectivity index is 1.87. The Labute approximate surface area is 145 Å². The van der Waals surface area contributed by atoms with Gasteiger partial charge in [-0.25, -0.2) is 4.79 Å². The molecule has 0 saturated heterocycles. The number of ether oxygens (including phenoxy) is 2. The summed E-state index contributed by atoms with van der Waals surface area (Å²) in [6, 6.07) is 0. The third-order valence-corrected chi connectivity index (χ3v) is 6.66. The summed E-state index contributed by atoms with van der Waals surface area (Å²) < 4.78 is 10.2. The Morgan fingerprint density at radius 3 is 2.75 bits per heavy atom. The Morgan fingerprint density at radius 2 is 2.08 bits per heavy atom. The lowest BCUT2D eigenvalue weighted by Gasteiger charge is -2.57. The normalized spacial score (nSPS) is 38.8. The molecule has 0 radical (unpaired) electrons. The number of allylic oxidation sites excluding steroid dienone is 2. The van der Waals surface area contributed by atoms with E-state index in [1.54, 1.807) is 13.2 Å². The lowest BCUT2D eigenvalue weighted by molar-refractivity contribution is -0.154. The van der Waals surface area contributed by atoms with Gasteiger partial charge in [-0.15, -0.1) is 0 Å². The zero-order valence-electron chi connectivity index (χ0n) is 15.4. The fraction of sp³-hybridized carbons (Fsp3) is 0.667. The molecule has 0 aromatic heterocycles. The quantitative estimate of drug-likeness (QED) is 0.551. The molecule has 0 amide bonds. The minimum Gasteiger partial charge on any atom is -0.428 e. The van der Waals surface area contributed by atoms with Crippen LogP contribution in [0.3, 0.4) is 0 Å². The smallest absolute Gasteiger partial charge is 0.340 e. The summed E-state index contributed by atoms with van der Waals surface area (Å²) in [6.07, 6.45) is 11.5. The molecular weight excluding hydrogens is 300 g/mol. The van der Waals surface area contributed by atoms with E-state index in [2.05, 4.69) is 33.4 Å². The highest BCUT2D eigenvalue weighted by Gasteiger charge is 2.52. The molecule has 3 rings (SSSR count). The first kappa shape index (κ1) is 17.5. The number of hydrogen-bond acceptors (Lipinski definition) is 3. The van der Waals surface area contributed by atoms with E-state index in [9.17, 15) is 4.79 Å². The van der Waals surface area contributed by atoms with Crippen LogP contribution in [0.15, 0.2) is 36.0 Å². The molecule has 3 heteroatoms. The molecule has 0 aromatic rings. The van der Waals surface area contributed by atoms with E-state index in [1.165, 1.54) is 31.3 Å². The van der Waals surface area contributed by atoms with Crippen molar-refractivity contribution >= 4 is 5.97 Å². The zero-order valence-corrected chi connectivity index (χ0v) is 15.4. The van der Waals surface area contributed by atoms with Gasteiger partial charge >= 0.3 is 5.97 Å². The number of methoxy groups -OCH3 is 1. The van der Waals surface area contributed by atoms with Gasteiger partial charge < -0.3 is 9.47 Å². The first-order chi connectivity index (χ1) is 11.3. The van der Waals surface area contributed by atoms with Crippen molar-refractivity contribution in [1.29, 1.82) is 0 Å². The van der Waals surface area contributed by atoms with E-state index in [4.69, 9.17) is 9.47 Å². The van der Waals surface area contributed by atoms with E-state index in [0.717, 1.165) is 6.42 Å². The fourth-order valence-electron chi connectivity index (χ4n) is 5.43. The van der Waals surface area contributed by atoms with E-state index in [1.807, 2.05) is 6.08 Å². The van der Waals surface area contributed by atoms with Crippen LogP contribution in [0.25, 0.3) is 0 Å². The summed E-state index contributed by atoms with van der Waals surface area (Å²) in [5, 5.41) is 0. The van der Waals surface area contributed by atoms with Gasteiger partial charge in [0.05, 0.1) is 5.57 Å². The van der Waals surface area contributed by atoms with Crippen LogP contribution >= 0.6 is 0 Å². The molecule has 1 heterocycles. The van der Waals surface area contributed by atoms with Gasteiger partial charge in [-0.1, -0.05) is 51.5 Å². The third kappa shape index (κ3) is 2.88. The number of carbonyl (C=O) groups excluding carboxylic acids is 1. The largest absolute Gasteiger partial charge is 0.428 e. The summed E-state index contributed by atoms with van der Waals surface area (Å²) >= 11 is 0. The Morgan fingerprint density at radius 1 is 1.33 bits per heavy atom. The van der Waals surface area contributed by atoms with Gasteiger partial charge in [0.15, 0.2) is 0 Å². The molecule has 24 heavy (non-hydrogen) atoms. The van der Waals surface area contributed by atoms with Gasteiger partial charge in [0, 0.05) is 13.0 Å². The Bertz CT molecular complexity index is 598. The number of esters is 1. The molecule has 0 N–H and O–H groups in total. The average Bonchev–Trinajstić information content (AvgIpc) is 2.86. The average molecular weight is 330 g/mol. The highest BCUT2D eigenvalue weighted by Crippen LogP contribution is 2.61. The maximum absolute atomic E-state index is 11.9. The third-order valence-electron chi connectivity index (χ3n) is 6.66. The zero-order chi connectivity index (χ0) is 17.5. The molecule has 3 aliphatic rings. The Kier molecular flexibility index (Phi) is 4.50. The van der Waals surface area contributed by atoms with Crippen molar-refractivity contribution in [2.45, 2.75) is 59.2 Å². The highest BCUT2D eigenvalue weighted by atomic mass is 16.7. The second kappa shape index (κ2) is 6.18. The second-order valence-corrected chi connectivity index (χ2v) is 8.57.